The molecule has 0 N–H and O–H groups in total. The molecule has 2 atom stereocenters. The fourth-order valence-corrected chi connectivity index (χ4v) is 8.73. The Bertz CT molecular complexity index is 783. The van der Waals surface area contributed by atoms with Crippen LogP contribution in [0.15, 0.2) is 0 Å². The Kier molecular flexibility index (Phi) is 17.2. The third-order valence-corrected chi connectivity index (χ3v) is 12.4. The number of nitrogens with zero attached hydrogens (tertiary/aromatic N) is 7. The van der Waals surface area contributed by atoms with Gasteiger partial charge >= 0.3 is 0 Å². The van der Waals surface area contributed by atoms with E-state index < -0.39 is 0 Å². The number of piperidine rings is 1. The van der Waals surface area contributed by atoms with Crippen LogP contribution in [0.5, 0.6) is 0 Å². The van der Waals surface area contributed by atoms with Crippen molar-refractivity contribution < 1.29 is 9.47 Å². The van der Waals surface area contributed by atoms with Crippen LogP contribution in [0.2, 0.25) is 0 Å². The van der Waals surface area contributed by atoms with Gasteiger partial charge in [0, 0.05) is 135 Å². The zero-order valence-corrected chi connectivity index (χ0v) is 32.3. The molecule has 0 spiro atoms. The van der Waals surface area contributed by atoms with Gasteiger partial charge in [0.25, 0.3) is 0 Å². The van der Waals surface area contributed by atoms with Crippen LogP contribution in [0.4, 0.5) is 0 Å². The zero-order valence-electron chi connectivity index (χ0n) is 32.3. The molecular formula is C38H77N7O2. The minimum absolute atomic E-state index is 0.521. The molecule has 9 nitrogen and oxygen atoms in total. The molecule has 276 valence electrons. The van der Waals surface area contributed by atoms with E-state index >= 15 is 0 Å². The van der Waals surface area contributed by atoms with E-state index in [9.17, 15) is 0 Å². The van der Waals surface area contributed by atoms with Crippen LogP contribution in [0, 0.1) is 0 Å². The number of likely N-dealkylation sites (tertiary alicyclic amines) is 1. The third kappa shape index (κ3) is 12.7. The first kappa shape index (κ1) is 39.4. The van der Waals surface area contributed by atoms with E-state index in [4.69, 9.17) is 9.47 Å². The minimum atomic E-state index is 0.521. The molecule has 5 heterocycles. The normalized spacial score (nSPS) is 29.7. The van der Waals surface area contributed by atoms with Gasteiger partial charge in [-0.2, -0.15) is 0 Å². The highest BCUT2D eigenvalue weighted by Gasteiger charge is 2.32. The van der Waals surface area contributed by atoms with Crippen LogP contribution in [-0.2, 0) is 9.47 Å². The van der Waals surface area contributed by atoms with Crippen LogP contribution in [-0.4, -0.2) is 196 Å². The summed E-state index contributed by atoms with van der Waals surface area (Å²) in [6.07, 6.45) is 9.58. The van der Waals surface area contributed by atoms with E-state index in [-0.39, 0.29) is 0 Å². The highest BCUT2D eigenvalue weighted by Crippen LogP contribution is 2.27. The molecule has 5 aliphatic heterocycles. The summed E-state index contributed by atoms with van der Waals surface area (Å²) in [5, 5.41) is 0. The SMILES string of the molecule is CC(C)N1CCN(C2CCN(C)CC2)CC1.CC(C)N1CCN(C2CCOCC2)CC1.COC1CCC(N2CCN(C(C)C)CC2)C1. The van der Waals surface area contributed by atoms with Crippen LogP contribution < -0.4 is 0 Å². The average molecular weight is 664 g/mol. The summed E-state index contributed by atoms with van der Waals surface area (Å²) < 4.78 is 10.9. The molecule has 9 heteroatoms. The second kappa shape index (κ2) is 20.5. The van der Waals surface area contributed by atoms with Crippen molar-refractivity contribution in [3.63, 3.8) is 0 Å². The Morgan fingerprint density at radius 1 is 0.468 bits per heavy atom. The van der Waals surface area contributed by atoms with Crippen molar-refractivity contribution in [2.24, 2.45) is 0 Å². The lowest BCUT2D eigenvalue weighted by atomic mass is 10.0. The van der Waals surface area contributed by atoms with Gasteiger partial charge in [-0.3, -0.25) is 29.4 Å². The number of rotatable bonds is 7. The molecule has 6 aliphatic rings. The fourth-order valence-electron chi connectivity index (χ4n) is 8.73. The monoisotopic (exact) mass is 664 g/mol. The second-order valence-electron chi connectivity index (χ2n) is 16.2. The summed E-state index contributed by atoms with van der Waals surface area (Å²) in [6, 6.07) is 4.59. The molecule has 0 amide bonds. The van der Waals surface area contributed by atoms with E-state index in [1.807, 2.05) is 7.11 Å². The summed E-state index contributed by atoms with van der Waals surface area (Å²) in [5.41, 5.74) is 0. The van der Waals surface area contributed by atoms with E-state index in [0.29, 0.717) is 18.2 Å². The predicted molar refractivity (Wildman–Crippen MR) is 198 cm³/mol. The standard InChI is InChI=1S/C13H27N3.C13H26N2O.C12H24N2O/c1-12(2)15-8-10-16(11-9-15)13-4-6-14(3)7-5-13;1-11(2)14-6-8-15(9-7-14)12-4-5-13(10-12)16-3;1-11(2)13-5-7-14(8-6-13)12-3-9-15-10-4-12/h12-13H,4-11H2,1-3H3;11-13H,4-10H2,1-3H3;11-12H,3-10H2,1-2H3. The van der Waals surface area contributed by atoms with Gasteiger partial charge in [0.1, 0.15) is 0 Å². The van der Waals surface area contributed by atoms with E-state index in [1.165, 1.54) is 137 Å². The maximum absolute atomic E-state index is 5.45. The quantitative estimate of drug-likeness (QED) is 0.404. The molecule has 0 bridgehead atoms. The summed E-state index contributed by atoms with van der Waals surface area (Å²) >= 11 is 0. The van der Waals surface area contributed by atoms with Crippen LogP contribution in [0.25, 0.3) is 0 Å². The minimum Gasteiger partial charge on any atom is -0.381 e. The molecule has 0 aromatic carbocycles. The third-order valence-electron chi connectivity index (χ3n) is 12.4. The van der Waals surface area contributed by atoms with Gasteiger partial charge in [0.2, 0.25) is 0 Å². The van der Waals surface area contributed by atoms with E-state index in [2.05, 4.69) is 82.9 Å². The average Bonchev–Trinajstić information content (AvgIpc) is 3.59. The molecule has 0 aromatic rings. The highest BCUT2D eigenvalue weighted by molar-refractivity contribution is 4.87. The first-order valence-electron chi connectivity index (χ1n) is 19.9. The molecule has 0 radical (unpaired) electrons. The number of methoxy groups -OCH3 is 1. The lowest BCUT2D eigenvalue weighted by Crippen LogP contribution is -2.54. The largest absolute Gasteiger partial charge is 0.381 e. The molecule has 5 saturated heterocycles. The molecule has 47 heavy (non-hydrogen) atoms. The van der Waals surface area contributed by atoms with Gasteiger partial charge in [-0.05, 0) is 107 Å². The smallest absolute Gasteiger partial charge is 0.0586 e. The Morgan fingerprint density at radius 2 is 0.851 bits per heavy atom. The summed E-state index contributed by atoms with van der Waals surface area (Å²) in [6.45, 7) is 33.4. The lowest BCUT2D eigenvalue weighted by molar-refractivity contribution is 0.00904. The second-order valence-corrected chi connectivity index (χ2v) is 16.2. The molecule has 0 aromatic heterocycles. The van der Waals surface area contributed by atoms with Crippen molar-refractivity contribution in [3.05, 3.63) is 0 Å². The van der Waals surface area contributed by atoms with Crippen molar-refractivity contribution in [2.45, 2.75) is 129 Å². The lowest BCUT2D eigenvalue weighted by Gasteiger charge is -2.43. The maximum Gasteiger partial charge on any atom is 0.0586 e. The van der Waals surface area contributed by atoms with Gasteiger partial charge in [0.15, 0.2) is 0 Å². The van der Waals surface area contributed by atoms with Gasteiger partial charge in [-0.25, -0.2) is 0 Å². The molecule has 1 saturated carbocycles. The van der Waals surface area contributed by atoms with Gasteiger partial charge in [-0.1, -0.05) is 0 Å². The van der Waals surface area contributed by atoms with Crippen molar-refractivity contribution in [1.29, 1.82) is 0 Å². The Balaban J connectivity index is 0.000000160. The van der Waals surface area contributed by atoms with Crippen LogP contribution >= 0.6 is 0 Å². The van der Waals surface area contributed by atoms with Crippen molar-refractivity contribution >= 4 is 0 Å². The number of ether oxygens (including phenoxy) is 2. The summed E-state index contributed by atoms with van der Waals surface area (Å²) in [4.78, 5) is 18.3. The van der Waals surface area contributed by atoms with Crippen LogP contribution in [0.1, 0.15) is 86.5 Å². The Morgan fingerprint density at radius 3 is 1.21 bits per heavy atom. The van der Waals surface area contributed by atoms with Crippen molar-refractivity contribution in [1.82, 2.24) is 34.3 Å². The Labute approximate surface area is 291 Å². The van der Waals surface area contributed by atoms with E-state index in [0.717, 1.165) is 37.4 Å². The molecule has 6 fully saturated rings. The molecule has 6 rings (SSSR count). The highest BCUT2D eigenvalue weighted by atomic mass is 16.5. The summed E-state index contributed by atoms with van der Waals surface area (Å²) in [7, 11) is 4.09. The molecule has 2 unspecified atom stereocenters. The molecule has 1 aliphatic carbocycles. The number of hydrogen-bond donors (Lipinski definition) is 0. The topological polar surface area (TPSA) is 41.1 Å². The summed E-state index contributed by atoms with van der Waals surface area (Å²) in [5.74, 6) is 0. The predicted octanol–water partition coefficient (Wildman–Crippen LogP) is 3.88. The first-order valence-corrected chi connectivity index (χ1v) is 19.9. The fraction of sp³-hybridized carbons (Fsp3) is 1.00. The van der Waals surface area contributed by atoms with Gasteiger partial charge in [0.05, 0.1) is 6.10 Å². The van der Waals surface area contributed by atoms with Crippen LogP contribution in [0.3, 0.4) is 0 Å². The van der Waals surface area contributed by atoms with Crippen molar-refractivity contribution in [2.75, 3.05) is 119 Å². The number of piperazine rings is 3. The maximum atomic E-state index is 5.45. The van der Waals surface area contributed by atoms with E-state index in [1.54, 1.807) is 0 Å². The Hall–Kier alpha value is -0.360. The first-order chi connectivity index (χ1) is 22.6. The molecular weight excluding hydrogens is 586 g/mol. The number of hydrogen-bond acceptors (Lipinski definition) is 9. The van der Waals surface area contributed by atoms with Gasteiger partial charge < -0.3 is 14.4 Å². The van der Waals surface area contributed by atoms with Crippen molar-refractivity contribution in [3.8, 4) is 0 Å². The van der Waals surface area contributed by atoms with Gasteiger partial charge in [-0.15, -0.1) is 0 Å². The zero-order chi connectivity index (χ0) is 33.8.